The molecule has 6 nitrogen and oxygen atoms in total. The first-order valence-electron chi connectivity index (χ1n) is 8.80. The number of carbonyl (C=O) groups is 4. The van der Waals surface area contributed by atoms with Gasteiger partial charge in [0.15, 0.2) is 18.2 Å². The molecule has 1 aromatic heterocycles. The Bertz CT molecular complexity index is 1180. The Labute approximate surface area is 170 Å². The van der Waals surface area contributed by atoms with E-state index in [-0.39, 0.29) is 28.4 Å². The molecule has 1 amide bonds. The Morgan fingerprint density at radius 3 is 2.28 bits per heavy atom. The van der Waals surface area contributed by atoms with Crippen LogP contribution in [-0.4, -0.2) is 30.0 Å². The largest absolute Gasteiger partial charge is 0.451 e. The van der Waals surface area contributed by atoms with E-state index in [1.54, 1.807) is 54.6 Å². The SMILES string of the molecule is Cc1ccc(C(=O)OCC(=O)Nc2cccc3c2C(=O)c2ccccc2C3=O)s1. The van der Waals surface area contributed by atoms with Crippen LogP contribution in [0.2, 0.25) is 0 Å². The number of ether oxygens (including phenoxy) is 1. The molecule has 29 heavy (non-hydrogen) atoms. The van der Waals surface area contributed by atoms with Gasteiger partial charge in [0.25, 0.3) is 5.91 Å². The molecule has 0 bridgehead atoms. The van der Waals surface area contributed by atoms with Gasteiger partial charge in [-0.25, -0.2) is 4.79 Å². The van der Waals surface area contributed by atoms with Crippen molar-refractivity contribution >= 4 is 40.5 Å². The molecular weight excluding hydrogens is 390 g/mol. The third-order valence-corrected chi connectivity index (χ3v) is 5.48. The molecule has 1 aliphatic rings. The third kappa shape index (κ3) is 3.48. The van der Waals surface area contributed by atoms with Crippen LogP contribution in [0.15, 0.2) is 54.6 Å². The molecule has 0 radical (unpaired) electrons. The molecule has 7 heteroatoms. The highest BCUT2D eigenvalue weighted by molar-refractivity contribution is 7.13. The number of amides is 1. The molecule has 0 atom stereocenters. The van der Waals surface area contributed by atoms with Gasteiger partial charge in [0.1, 0.15) is 4.88 Å². The van der Waals surface area contributed by atoms with E-state index in [9.17, 15) is 19.2 Å². The van der Waals surface area contributed by atoms with Crippen molar-refractivity contribution in [2.24, 2.45) is 0 Å². The van der Waals surface area contributed by atoms with Gasteiger partial charge >= 0.3 is 5.97 Å². The van der Waals surface area contributed by atoms with Gasteiger partial charge in [-0.1, -0.05) is 36.4 Å². The van der Waals surface area contributed by atoms with Gasteiger partial charge in [-0.3, -0.25) is 14.4 Å². The number of anilines is 1. The number of aryl methyl sites for hydroxylation is 1. The lowest BCUT2D eigenvalue weighted by Gasteiger charge is -2.20. The second kappa shape index (κ2) is 7.44. The quantitative estimate of drug-likeness (QED) is 0.524. The van der Waals surface area contributed by atoms with E-state index < -0.39 is 18.5 Å². The first kappa shape index (κ1) is 18.8. The molecule has 2 aromatic carbocycles. The normalized spacial score (nSPS) is 12.2. The van der Waals surface area contributed by atoms with E-state index in [1.165, 1.54) is 11.3 Å². The highest BCUT2D eigenvalue weighted by Crippen LogP contribution is 2.31. The van der Waals surface area contributed by atoms with Crippen LogP contribution >= 0.6 is 11.3 Å². The predicted octanol–water partition coefficient (Wildman–Crippen LogP) is 3.63. The van der Waals surface area contributed by atoms with Crippen molar-refractivity contribution in [3.8, 4) is 0 Å². The molecule has 1 heterocycles. The Balaban J connectivity index is 1.53. The van der Waals surface area contributed by atoms with Gasteiger partial charge < -0.3 is 10.1 Å². The van der Waals surface area contributed by atoms with Crippen molar-refractivity contribution in [3.63, 3.8) is 0 Å². The fourth-order valence-corrected chi connectivity index (χ4v) is 3.94. The number of rotatable bonds is 4. The van der Waals surface area contributed by atoms with Gasteiger partial charge in [0.05, 0.1) is 11.3 Å². The molecule has 0 saturated carbocycles. The monoisotopic (exact) mass is 405 g/mol. The molecule has 0 saturated heterocycles. The van der Waals surface area contributed by atoms with Crippen LogP contribution in [0, 0.1) is 6.92 Å². The number of benzene rings is 2. The summed E-state index contributed by atoms with van der Waals surface area (Å²) in [4.78, 5) is 51.3. The van der Waals surface area contributed by atoms with E-state index >= 15 is 0 Å². The number of nitrogens with one attached hydrogen (secondary N) is 1. The molecule has 3 aromatic rings. The molecule has 1 N–H and O–H groups in total. The highest BCUT2D eigenvalue weighted by Gasteiger charge is 2.31. The van der Waals surface area contributed by atoms with Crippen molar-refractivity contribution in [1.82, 2.24) is 0 Å². The fraction of sp³-hybridized carbons (Fsp3) is 0.0909. The molecule has 144 valence electrons. The van der Waals surface area contributed by atoms with E-state index in [2.05, 4.69) is 5.32 Å². The second-order valence-electron chi connectivity index (χ2n) is 6.47. The lowest BCUT2D eigenvalue weighted by atomic mass is 9.83. The summed E-state index contributed by atoms with van der Waals surface area (Å²) in [7, 11) is 0. The van der Waals surface area contributed by atoms with Crippen molar-refractivity contribution in [1.29, 1.82) is 0 Å². The number of ketones is 2. The van der Waals surface area contributed by atoms with Crippen molar-refractivity contribution in [3.05, 3.63) is 86.6 Å². The summed E-state index contributed by atoms with van der Waals surface area (Å²) < 4.78 is 5.03. The molecule has 0 unspecified atom stereocenters. The van der Waals surface area contributed by atoms with Gasteiger partial charge in [-0.05, 0) is 25.1 Å². The summed E-state index contributed by atoms with van der Waals surface area (Å²) in [5, 5.41) is 2.58. The molecule has 4 rings (SSSR count). The van der Waals surface area contributed by atoms with Crippen molar-refractivity contribution in [2.45, 2.75) is 6.92 Å². The van der Waals surface area contributed by atoms with Gasteiger partial charge in [0, 0.05) is 21.6 Å². The fourth-order valence-electron chi connectivity index (χ4n) is 3.18. The second-order valence-corrected chi connectivity index (χ2v) is 7.75. The lowest BCUT2D eigenvalue weighted by molar-refractivity contribution is -0.119. The van der Waals surface area contributed by atoms with Crippen LogP contribution in [0.3, 0.4) is 0 Å². The summed E-state index contributed by atoms with van der Waals surface area (Å²) in [6.07, 6.45) is 0. The maximum Gasteiger partial charge on any atom is 0.348 e. The van der Waals surface area contributed by atoms with Crippen LogP contribution in [-0.2, 0) is 9.53 Å². The van der Waals surface area contributed by atoms with Gasteiger partial charge in [0.2, 0.25) is 0 Å². The molecular formula is C22H15NO5S. The number of hydrogen-bond donors (Lipinski definition) is 1. The van der Waals surface area contributed by atoms with Gasteiger partial charge in [-0.2, -0.15) is 0 Å². The van der Waals surface area contributed by atoms with Crippen LogP contribution in [0.5, 0.6) is 0 Å². The standard InChI is InChI=1S/C22H15NO5S/c1-12-9-10-17(29-12)22(27)28-11-18(24)23-16-8-4-7-15-19(16)21(26)14-6-3-2-5-13(14)20(15)25/h2-10H,11H2,1H3,(H,23,24). The van der Waals surface area contributed by atoms with E-state index in [1.807, 2.05) is 6.92 Å². The van der Waals surface area contributed by atoms with E-state index in [0.717, 1.165) is 4.88 Å². The zero-order valence-corrected chi connectivity index (χ0v) is 16.2. The lowest BCUT2D eigenvalue weighted by Crippen LogP contribution is -2.25. The minimum atomic E-state index is -0.598. The maximum atomic E-state index is 12.9. The minimum Gasteiger partial charge on any atom is -0.451 e. The van der Waals surface area contributed by atoms with Crippen molar-refractivity contribution < 1.29 is 23.9 Å². The Morgan fingerprint density at radius 1 is 0.897 bits per heavy atom. The van der Waals surface area contributed by atoms with Crippen LogP contribution < -0.4 is 5.32 Å². The number of fused-ring (bicyclic) bond motifs is 2. The molecule has 0 aliphatic heterocycles. The number of esters is 1. The number of carbonyl (C=O) groups excluding carboxylic acids is 4. The zero-order chi connectivity index (χ0) is 20.5. The highest BCUT2D eigenvalue weighted by atomic mass is 32.1. The first-order chi connectivity index (χ1) is 14.0. The van der Waals surface area contributed by atoms with E-state index in [4.69, 9.17) is 4.74 Å². The average molecular weight is 405 g/mol. The Kier molecular flexibility index (Phi) is 4.82. The molecule has 1 aliphatic carbocycles. The number of hydrogen-bond acceptors (Lipinski definition) is 6. The first-order valence-corrected chi connectivity index (χ1v) is 9.62. The molecule has 0 fully saturated rings. The molecule has 0 spiro atoms. The summed E-state index contributed by atoms with van der Waals surface area (Å²) in [5.74, 6) is -1.80. The Morgan fingerprint density at radius 2 is 1.59 bits per heavy atom. The smallest absolute Gasteiger partial charge is 0.348 e. The topological polar surface area (TPSA) is 89.5 Å². The van der Waals surface area contributed by atoms with Crippen LogP contribution in [0.4, 0.5) is 5.69 Å². The predicted molar refractivity (Wildman–Crippen MR) is 108 cm³/mol. The summed E-state index contributed by atoms with van der Waals surface area (Å²) >= 11 is 1.28. The summed E-state index contributed by atoms with van der Waals surface area (Å²) in [5.41, 5.74) is 1.23. The van der Waals surface area contributed by atoms with Crippen molar-refractivity contribution in [2.75, 3.05) is 11.9 Å². The number of thiophene rings is 1. The Hall–Kier alpha value is -3.58. The minimum absolute atomic E-state index is 0.143. The third-order valence-electron chi connectivity index (χ3n) is 4.50. The van der Waals surface area contributed by atoms with Gasteiger partial charge in [-0.15, -0.1) is 11.3 Å². The van der Waals surface area contributed by atoms with Crippen LogP contribution in [0.1, 0.15) is 46.4 Å². The summed E-state index contributed by atoms with van der Waals surface area (Å²) in [6, 6.07) is 14.7. The van der Waals surface area contributed by atoms with Crippen LogP contribution in [0.25, 0.3) is 0 Å². The maximum absolute atomic E-state index is 12.9. The average Bonchev–Trinajstić information content (AvgIpc) is 3.16. The van der Waals surface area contributed by atoms with E-state index in [0.29, 0.717) is 16.0 Å². The zero-order valence-electron chi connectivity index (χ0n) is 15.4. The summed E-state index contributed by atoms with van der Waals surface area (Å²) in [6.45, 7) is 1.36.